The number of fused-ring (bicyclic) bond motifs is 1. The summed E-state index contributed by atoms with van der Waals surface area (Å²) in [5.74, 6) is 0.800. The Hall–Kier alpha value is -3.26. The standard InChI is InChI=1S/C20H22N6O2/c1-2-11-3-4-22-9-15(11)17-5-12-6-18(23-10-16(12)19(21)25-17)26-20(28)24-13-7-14(27)8-13/h3-6,9-10,13-14,27H,2,7-8H2,1H3,(H2,21,25)(H2,23,24,26,28). The summed E-state index contributed by atoms with van der Waals surface area (Å²) < 4.78 is 0. The predicted molar refractivity (Wildman–Crippen MR) is 108 cm³/mol. The number of hydrogen-bond acceptors (Lipinski definition) is 6. The molecule has 1 fully saturated rings. The van der Waals surface area contributed by atoms with Crippen molar-refractivity contribution in [2.45, 2.75) is 38.3 Å². The quantitative estimate of drug-likeness (QED) is 0.552. The first-order chi connectivity index (χ1) is 13.5. The molecule has 1 saturated carbocycles. The van der Waals surface area contributed by atoms with Crippen molar-refractivity contribution in [2.75, 3.05) is 11.1 Å². The van der Waals surface area contributed by atoms with Crippen LogP contribution in [0.15, 0.2) is 36.8 Å². The third-order valence-electron chi connectivity index (χ3n) is 5.00. The molecule has 0 atom stereocenters. The number of pyridine rings is 3. The second kappa shape index (κ2) is 7.40. The Balaban J connectivity index is 1.62. The van der Waals surface area contributed by atoms with Crippen LogP contribution < -0.4 is 16.4 Å². The highest BCUT2D eigenvalue weighted by molar-refractivity contribution is 5.97. The number of amides is 2. The Labute approximate surface area is 162 Å². The van der Waals surface area contributed by atoms with E-state index in [4.69, 9.17) is 5.73 Å². The number of rotatable bonds is 4. The maximum absolute atomic E-state index is 12.1. The number of nitrogen functional groups attached to an aromatic ring is 1. The van der Waals surface area contributed by atoms with Gasteiger partial charge in [0, 0.05) is 35.6 Å². The lowest BCUT2D eigenvalue weighted by atomic mass is 9.90. The molecule has 0 radical (unpaired) electrons. The van der Waals surface area contributed by atoms with Gasteiger partial charge < -0.3 is 16.2 Å². The number of aryl methyl sites for hydroxylation is 1. The Bertz CT molecular complexity index is 1030. The number of carbonyl (C=O) groups is 1. The van der Waals surface area contributed by atoms with Crippen LogP contribution >= 0.6 is 0 Å². The Morgan fingerprint density at radius 2 is 2.14 bits per heavy atom. The van der Waals surface area contributed by atoms with Crippen molar-refractivity contribution in [3.8, 4) is 11.3 Å². The molecule has 1 aliphatic carbocycles. The highest BCUT2D eigenvalue weighted by Crippen LogP contribution is 2.29. The first-order valence-corrected chi connectivity index (χ1v) is 9.28. The van der Waals surface area contributed by atoms with E-state index >= 15 is 0 Å². The van der Waals surface area contributed by atoms with Crippen molar-refractivity contribution in [3.63, 3.8) is 0 Å². The molecular weight excluding hydrogens is 356 g/mol. The molecule has 8 nitrogen and oxygen atoms in total. The van der Waals surface area contributed by atoms with Crippen LogP contribution in [0.4, 0.5) is 16.4 Å². The highest BCUT2D eigenvalue weighted by Gasteiger charge is 2.28. The average Bonchev–Trinajstić information content (AvgIpc) is 2.66. The van der Waals surface area contributed by atoms with E-state index in [2.05, 4.69) is 32.5 Å². The monoisotopic (exact) mass is 378 g/mol. The van der Waals surface area contributed by atoms with E-state index in [9.17, 15) is 9.90 Å². The minimum Gasteiger partial charge on any atom is -0.393 e. The maximum atomic E-state index is 12.1. The van der Waals surface area contributed by atoms with Crippen LogP contribution in [0.2, 0.25) is 0 Å². The number of nitrogens with one attached hydrogen (secondary N) is 2. The van der Waals surface area contributed by atoms with Gasteiger partial charge in [-0.15, -0.1) is 0 Å². The van der Waals surface area contributed by atoms with Gasteiger partial charge in [-0.05, 0) is 48.4 Å². The number of carbonyl (C=O) groups excluding carboxylic acids is 1. The van der Waals surface area contributed by atoms with Gasteiger partial charge in [-0.2, -0.15) is 0 Å². The first kappa shape index (κ1) is 18.1. The van der Waals surface area contributed by atoms with Crippen LogP contribution in [-0.4, -0.2) is 38.2 Å². The second-order valence-electron chi connectivity index (χ2n) is 6.99. The Morgan fingerprint density at radius 1 is 1.32 bits per heavy atom. The van der Waals surface area contributed by atoms with Crippen LogP contribution in [0.1, 0.15) is 25.3 Å². The number of aliphatic hydroxyl groups excluding tert-OH is 1. The summed E-state index contributed by atoms with van der Waals surface area (Å²) in [4.78, 5) is 25.1. The number of urea groups is 1. The summed E-state index contributed by atoms with van der Waals surface area (Å²) in [6, 6.07) is 5.33. The van der Waals surface area contributed by atoms with Crippen LogP contribution in [0, 0.1) is 0 Å². The molecule has 3 aromatic rings. The lowest BCUT2D eigenvalue weighted by Gasteiger charge is -2.31. The molecule has 2 amide bonds. The van der Waals surface area contributed by atoms with Gasteiger partial charge in [0.25, 0.3) is 0 Å². The van der Waals surface area contributed by atoms with Crippen molar-refractivity contribution in [1.29, 1.82) is 0 Å². The molecule has 0 saturated heterocycles. The molecule has 0 bridgehead atoms. The zero-order valence-electron chi connectivity index (χ0n) is 15.5. The Kier molecular flexibility index (Phi) is 4.79. The van der Waals surface area contributed by atoms with Crippen LogP contribution in [0.3, 0.4) is 0 Å². The summed E-state index contributed by atoms with van der Waals surface area (Å²) in [6.45, 7) is 2.08. The van der Waals surface area contributed by atoms with E-state index in [-0.39, 0.29) is 18.2 Å². The number of nitrogens with zero attached hydrogens (tertiary/aromatic N) is 3. The molecule has 0 unspecified atom stereocenters. The second-order valence-corrected chi connectivity index (χ2v) is 6.99. The molecule has 1 aliphatic rings. The van der Waals surface area contributed by atoms with Crippen molar-refractivity contribution in [3.05, 3.63) is 42.4 Å². The van der Waals surface area contributed by atoms with E-state index in [1.165, 1.54) is 0 Å². The topological polar surface area (TPSA) is 126 Å². The minimum absolute atomic E-state index is 0.0000473. The van der Waals surface area contributed by atoms with E-state index < -0.39 is 0 Å². The fourth-order valence-electron chi connectivity index (χ4n) is 3.39. The molecule has 3 heterocycles. The SMILES string of the molecule is CCc1ccncc1-c1cc2cc(NC(=O)NC3CC(O)C3)ncc2c(N)n1. The van der Waals surface area contributed by atoms with E-state index in [0.717, 1.165) is 34.0 Å². The van der Waals surface area contributed by atoms with Gasteiger partial charge in [0.15, 0.2) is 0 Å². The molecule has 8 heteroatoms. The van der Waals surface area contributed by atoms with Crippen molar-refractivity contribution >= 4 is 28.4 Å². The van der Waals surface area contributed by atoms with Gasteiger partial charge in [0.05, 0.1) is 11.8 Å². The molecule has 0 aromatic carbocycles. The number of hydrogen-bond donors (Lipinski definition) is 4. The number of aromatic nitrogens is 3. The van der Waals surface area contributed by atoms with Crippen LogP contribution in [0.5, 0.6) is 0 Å². The van der Waals surface area contributed by atoms with Crippen LogP contribution in [0.25, 0.3) is 22.0 Å². The van der Waals surface area contributed by atoms with Gasteiger partial charge in [0.1, 0.15) is 11.6 Å². The summed E-state index contributed by atoms with van der Waals surface area (Å²) in [5, 5.41) is 16.4. The number of nitrogens with two attached hydrogens (primary N) is 1. The molecule has 28 heavy (non-hydrogen) atoms. The third-order valence-corrected chi connectivity index (χ3v) is 5.00. The Morgan fingerprint density at radius 3 is 2.89 bits per heavy atom. The van der Waals surface area contributed by atoms with Crippen molar-refractivity contribution < 1.29 is 9.90 Å². The highest BCUT2D eigenvalue weighted by atomic mass is 16.3. The van der Waals surface area contributed by atoms with E-state index in [1.54, 1.807) is 24.7 Å². The molecular formula is C20H22N6O2. The largest absolute Gasteiger partial charge is 0.393 e. The normalized spacial score (nSPS) is 18.5. The van der Waals surface area contributed by atoms with Gasteiger partial charge >= 0.3 is 6.03 Å². The fourth-order valence-corrected chi connectivity index (χ4v) is 3.39. The summed E-state index contributed by atoms with van der Waals surface area (Å²) in [5.41, 5.74) is 8.95. The third kappa shape index (κ3) is 3.59. The zero-order chi connectivity index (χ0) is 19.7. The first-order valence-electron chi connectivity index (χ1n) is 9.28. The number of aliphatic hydroxyl groups is 1. The lowest BCUT2D eigenvalue weighted by molar-refractivity contribution is 0.0671. The molecule has 4 rings (SSSR count). The summed E-state index contributed by atoms with van der Waals surface area (Å²) in [6.07, 6.45) is 6.85. The molecule has 0 spiro atoms. The summed E-state index contributed by atoms with van der Waals surface area (Å²) in [7, 11) is 0. The molecule has 3 aromatic heterocycles. The van der Waals surface area contributed by atoms with Gasteiger partial charge in [-0.1, -0.05) is 6.92 Å². The lowest BCUT2D eigenvalue weighted by Crippen LogP contribution is -2.48. The van der Waals surface area contributed by atoms with Gasteiger partial charge in [0.2, 0.25) is 0 Å². The van der Waals surface area contributed by atoms with Gasteiger partial charge in [-0.25, -0.2) is 14.8 Å². The minimum atomic E-state index is -0.341. The molecule has 144 valence electrons. The fraction of sp³-hybridized carbons (Fsp3) is 0.300. The smallest absolute Gasteiger partial charge is 0.320 e. The maximum Gasteiger partial charge on any atom is 0.320 e. The molecule has 0 aliphatic heterocycles. The number of anilines is 2. The van der Waals surface area contributed by atoms with E-state index in [1.807, 2.05) is 12.1 Å². The van der Waals surface area contributed by atoms with Crippen molar-refractivity contribution in [1.82, 2.24) is 20.3 Å². The zero-order valence-corrected chi connectivity index (χ0v) is 15.5. The predicted octanol–water partition coefficient (Wildman–Crippen LogP) is 2.48. The van der Waals surface area contributed by atoms with E-state index in [0.29, 0.717) is 24.5 Å². The average molecular weight is 378 g/mol. The summed E-state index contributed by atoms with van der Waals surface area (Å²) >= 11 is 0. The van der Waals surface area contributed by atoms with Crippen molar-refractivity contribution in [2.24, 2.45) is 0 Å². The van der Waals surface area contributed by atoms with Crippen LogP contribution in [-0.2, 0) is 6.42 Å². The van der Waals surface area contributed by atoms with Gasteiger partial charge in [-0.3, -0.25) is 10.3 Å². The molecule has 5 N–H and O–H groups in total.